The van der Waals surface area contributed by atoms with Gasteiger partial charge in [-0.15, -0.1) is 0 Å². The van der Waals surface area contributed by atoms with E-state index < -0.39 is 0 Å². The van der Waals surface area contributed by atoms with Gasteiger partial charge < -0.3 is 10.3 Å². The lowest BCUT2D eigenvalue weighted by atomic mass is 10.1. The topological polar surface area (TPSA) is 40.7 Å². The zero-order chi connectivity index (χ0) is 11.4. The second-order valence-corrected chi connectivity index (χ2v) is 3.61. The van der Waals surface area contributed by atoms with Crippen LogP contribution in [0.15, 0.2) is 36.7 Å². The molecule has 1 unspecified atom stereocenters. The number of H-pyrrole nitrogens is 1. The van der Waals surface area contributed by atoms with Crippen molar-refractivity contribution in [2.24, 2.45) is 0 Å². The molecule has 0 radical (unpaired) electrons. The van der Waals surface area contributed by atoms with E-state index >= 15 is 0 Å². The average molecular weight is 219 g/mol. The Kier molecular flexibility index (Phi) is 3.31. The molecule has 84 valence electrons. The van der Waals surface area contributed by atoms with E-state index in [1.165, 1.54) is 6.07 Å². The van der Waals surface area contributed by atoms with Gasteiger partial charge in [-0.05, 0) is 25.1 Å². The summed E-state index contributed by atoms with van der Waals surface area (Å²) in [6.07, 6.45) is 4.04. The van der Waals surface area contributed by atoms with Crippen LogP contribution in [0.2, 0.25) is 0 Å². The Balaban J connectivity index is 2.17. The number of imidazole rings is 1. The Bertz CT molecular complexity index is 439. The van der Waals surface area contributed by atoms with Crippen LogP contribution in [0.4, 0.5) is 4.39 Å². The van der Waals surface area contributed by atoms with E-state index in [4.69, 9.17) is 0 Å². The maximum Gasteiger partial charge on any atom is 0.126 e. The molecule has 0 saturated heterocycles. The first-order valence-corrected chi connectivity index (χ1v) is 5.21. The van der Waals surface area contributed by atoms with Crippen molar-refractivity contribution in [3.05, 3.63) is 53.9 Å². The van der Waals surface area contributed by atoms with Gasteiger partial charge in [0.2, 0.25) is 0 Å². The molecule has 0 aliphatic heterocycles. The van der Waals surface area contributed by atoms with Gasteiger partial charge in [-0.2, -0.15) is 0 Å². The van der Waals surface area contributed by atoms with Gasteiger partial charge in [0.25, 0.3) is 0 Å². The Labute approximate surface area is 93.7 Å². The minimum atomic E-state index is -0.172. The predicted molar refractivity (Wildman–Crippen MR) is 60.5 cm³/mol. The lowest BCUT2D eigenvalue weighted by Gasteiger charge is -2.13. The number of likely N-dealkylation sites (N-methyl/N-ethyl adjacent to an activating group) is 1. The summed E-state index contributed by atoms with van der Waals surface area (Å²) in [5.41, 5.74) is 0.693. The second-order valence-electron chi connectivity index (χ2n) is 3.61. The molecular weight excluding hydrogens is 205 g/mol. The second kappa shape index (κ2) is 4.90. The molecule has 2 rings (SSSR count). The van der Waals surface area contributed by atoms with Crippen molar-refractivity contribution in [3.8, 4) is 0 Å². The van der Waals surface area contributed by atoms with Crippen LogP contribution in [0.1, 0.15) is 17.4 Å². The number of nitrogens with one attached hydrogen (secondary N) is 2. The molecule has 0 amide bonds. The highest BCUT2D eigenvalue weighted by Gasteiger charge is 2.14. The molecule has 0 saturated carbocycles. The van der Waals surface area contributed by atoms with Crippen LogP contribution >= 0.6 is 0 Å². The van der Waals surface area contributed by atoms with Gasteiger partial charge in [-0.25, -0.2) is 9.37 Å². The van der Waals surface area contributed by atoms with E-state index in [0.717, 1.165) is 5.82 Å². The Hall–Kier alpha value is -1.68. The van der Waals surface area contributed by atoms with Crippen molar-refractivity contribution < 1.29 is 4.39 Å². The Morgan fingerprint density at radius 2 is 2.25 bits per heavy atom. The molecule has 0 spiro atoms. The number of aromatic nitrogens is 2. The van der Waals surface area contributed by atoms with E-state index in [0.29, 0.717) is 12.0 Å². The Morgan fingerprint density at radius 1 is 1.44 bits per heavy atom. The lowest BCUT2D eigenvalue weighted by Crippen LogP contribution is -2.20. The number of hydrogen-bond donors (Lipinski definition) is 2. The maximum atomic E-state index is 13.5. The van der Waals surface area contributed by atoms with Crippen molar-refractivity contribution in [2.75, 3.05) is 7.05 Å². The smallest absolute Gasteiger partial charge is 0.126 e. The first-order chi connectivity index (χ1) is 7.81. The van der Waals surface area contributed by atoms with Gasteiger partial charge in [0, 0.05) is 12.4 Å². The molecule has 0 aliphatic carbocycles. The summed E-state index contributed by atoms with van der Waals surface area (Å²) in [6, 6.07) is 6.81. The van der Waals surface area contributed by atoms with Crippen molar-refractivity contribution in [1.82, 2.24) is 15.3 Å². The van der Waals surface area contributed by atoms with Crippen LogP contribution in [0, 0.1) is 5.82 Å². The third-order valence-corrected chi connectivity index (χ3v) is 2.58. The summed E-state index contributed by atoms with van der Waals surface area (Å²) in [7, 11) is 1.84. The van der Waals surface area contributed by atoms with Crippen LogP contribution in [-0.2, 0) is 6.42 Å². The van der Waals surface area contributed by atoms with E-state index in [9.17, 15) is 4.39 Å². The third kappa shape index (κ3) is 2.28. The zero-order valence-corrected chi connectivity index (χ0v) is 9.07. The fraction of sp³-hybridized carbons (Fsp3) is 0.250. The predicted octanol–water partition coefficient (Wildman–Crippen LogP) is 2.05. The average Bonchev–Trinajstić information content (AvgIpc) is 2.81. The highest BCUT2D eigenvalue weighted by atomic mass is 19.1. The van der Waals surface area contributed by atoms with E-state index in [1.807, 2.05) is 13.1 Å². The summed E-state index contributed by atoms with van der Waals surface area (Å²) < 4.78 is 13.5. The van der Waals surface area contributed by atoms with E-state index in [1.54, 1.807) is 24.5 Å². The van der Waals surface area contributed by atoms with Crippen LogP contribution in [0.5, 0.6) is 0 Å². The standard InChI is InChI=1S/C12H14FN3/c1-14-11(12-15-6-7-16-12)8-9-4-2-3-5-10(9)13/h2-7,11,14H,8H2,1H3,(H,15,16). The molecular formula is C12H14FN3. The molecule has 1 heterocycles. The normalized spacial score (nSPS) is 12.6. The quantitative estimate of drug-likeness (QED) is 0.826. The molecule has 2 aromatic rings. The number of nitrogens with zero attached hydrogens (tertiary/aromatic N) is 1. The molecule has 0 aliphatic rings. The summed E-state index contributed by atoms with van der Waals surface area (Å²) in [4.78, 5) is 7.20. The molecule has 2 N–H and O–H groups in total. The van der Waals surface area contributed by atoms with Crippen LogP contribution < -0.4 is 5.32 Å². The monoisotopic (exact) mass is 219 g/mol. The zero-order valence-electron chi connectivity index (χ0n) is 9.07. The van der Waals surface area contributed by atoms with E-state index in [-0.39, 0.29) is 11.9 Å². The summed E-state index contributed by atoms with van der Waals surface area (Å²) >= 11 is 0. The van der Waals surface area contributed by atoms with Gasteiger partial charge in [0.05, 0.1) is 6.04 Å². The maximum absolute atomic E-state index is 13.5. The highest BCUT2D eigenvalue weighted by molar-refractivity contribution is 5.19. The fourth-order valence-corrected chi connectivity index (χ4v) is 1.69. The SMILES string of the molecule is CNC(Cc1ccccc1F)c1ncc[nH]1. The van der Waals surface area contributed by atoms with Gasteiger partial charge in [-0.3, -0.25) is 0 Å². The minimum Gasteiger partial charge on any atom is -0.347 e. The molecule has 1 aromatic carbocycles. The van der Waals surface area contributed by atoms with Crippen molar-refractivity contribution in [2.45, 2.75) is 12.5 Å². The molecule has 4 heteroatoms. The molecule has 0 bridgehead atoms. The first-order valence-electron chi connectivity index (χ1n) is 5.21. The van der Waals surface area contributed by atoms with Gasteiger partial charge in [0.1, 0.15) is 11.6 Å². The molecule has 1 atom stereocenters. The Morgan fingerprint density at radius 3 is 2.88 bits per heavy atom. The summed E-state index contributed by atoms with van der Waals surface area (Å²) in [6.45, 7) is 0. The van der Waals surface area contributed by atoms with Crippen LogP contribution in [0.25, 0.3) is 0 Å². The number of aromatic amines is 1. The summed E-state index contributed by atoms with van der Waals surface area (Å²) in [5, 5.41) is 3.12. The van der Waals surface area contributed by atoms with Gasteiger partial charge in [-0.1, -0.05) is 18.2 Å². The third-order valence-electron chi connectivity index (χ3n) is 2.58. The van der Waals surface area contributed by atoms with Crippen molar-refractivity contribution >= 4 is 0 Å². The highest BCUT2D eigenvalue weighted by Crippen LogP contribution is 2.16. The molecule has 3 nitrogen and oxygen atoms in total. The number of rotatable bonds is 4. The van der Waals surface area contributed by atoms with Crippen LogP contribution in [0.3, 0.4) is 0 Å². The molecule has 0 fully saturated rings. The number of benzene rings is 1. The molecule has 16 heavy (non-hydrogen) atoms. The largest absolute Gasteiger partial charge is 0.347 e. The number of hydrogen-bond acceptors (Lipinski definition) is 2. The van der Waals surface area contributed by atoms with Crippen LogP contribution in [-0.4, -0.2) is 17.0 Å². The summed E-state index contributed by atoms with van der Waals surface area (Å²) in [5.74, 6) is 0.653. The first kappa shape index (κ1) is 10.8. The van der Waals surface area contributed by atoms with Gasteiger partial charge in [0.15, 0.2) is 0 Å². The minimum absolute atomic E-state index is 0.00639. The van der Waals surface area contributed by atoms with Crippen molar-refractivity contribution in [3.63, 3.8) is 0 Å². The lowest BCUT2D eigenvalue weighted by molar-refractivity contribution is 0.536. The van der Waals surface area contributed by atoms with E-state index in [2.05, 4.69) is 15.3 Å². The number of halogens is 1. The van der Waals surface area contributed by atoms with Crippen molar-refractivity contribution in [1.29, 1.82) is 0 Å². The fourth-order valence-electron chi connectivity index (χ4n) is 1.69. The van der Waals surface area contributed by atoms with Gasteiger partial charge >= 0.3 is 0 Å². The molecule has 1 aromatic heterocycles.